The average Bonchev–Trinajstić information content (AvgIpc) is 2.29. The van der Waals surface area contributed by atoms with Gasteiger partial charge < -0.3 is 4.74 Å². The average molecular weight is 259 g/mol. The lowest BCUT2D eigenvalue weighted by Crippen LogP contribution is -2.05. The van der Waals surface area contributed by atoms with Crippen LogP contribution in [-0.4, -0.2) is 18.6 Å². The smallest absolute Gasteiger partial charge is 0.152 e. The normalized spacial score (nSPS) is 12.2. The first-order valence-corrected chi connectivity index (χ1v) is 6.71. The number of halogens is 1. The number of Topliss-reactive ketones (excluding diaryl/α,β-unsaturated/α-hetero) is 1. The van der Waals surface area contributed by atoms with E-state index < -0.39 is 5.38 Å². The van der Waals surface area contributed by atoms with E-state index >= 15 is 0 Å². The molecule has 4 heteroatoms. The number of hydrogen-bond acceptors (Lipinski definition) is 3. The molecular weight excluding hydrogens is 244 g/mol. The fourth-order valence-corrected chi connectivity index (χ4v) is 1.98. The summed E-state index contributed by atoms with van der Waals surface area (Å²) in [5.41, 5.74) is 0.753. The molecule has 0 saturated carbocycles. The summed E-state index contributed by atoms with van der Waals surface area (Å²) in [5, 5.41) is -0.631. The van der Waals surface area contributed by atoms with Crippen molar-refractivity contribution in [2.24, 2.45) is 0 Å². The van der Waals surface area contributed by atoms with Crippen LogP contribution >= 0.6 is 23.4 Å². The summed E-state index contributed by atoms with van der Waals surface area (Å²) in [7, 11) is 0. The Morgan fingerprint density at radius 1 is 1.56 bits per heavy atom. The lowest BCUT2D eigenvalue weighted by Gasteiger charge is -2.14. The summed E-state index contributed by atoms with van der Waals surface area (Å²) in [5.74, 6) is 0.622. The van der Waals surface area contributed by atoms with Gasteiger partial charge in [0.25, 0.3) is 0 Å². The first-order chi connectivity index (χ1) is 7.60. The zero-order chi connectivity index (χ0) is 12.1. The third-order valence-electron chi connectivity index (χ3n) is 2.15. The van der Waals surface area contributed by atoms with Gasteiger partial charge in [0, 0.05) is 10.5 Å². The molecule has 0 spiro atoms. The van der Waals surface area contributed by atoms with Crippen LogP contribution in [0, 0.1) is 0 Å². The van der Waals surface area contributed by atoms with E-state index in [2.05, 4.69) is 0 Å². The largest absolute Gasteiger partial charge is 0.494 e. The van der Waals surface area contributed by atoms with E-state index in [-0.39, 0.29) is 5.78 Å². The second-order valence-corrected chi connectivity index (χ2v) is 4.63. The molecule has 1 aromatic carbocycles. The minimum Gasteiger partial charge on any atom is -0.494 e. The molecule has 0 amide bonds. The van der Waals surface area contributed by atoms with Crippen LogP contribution in [0.15, 0.2) is 23.1 Å². The first-order valence-electron chi connectivity index (χ1n) is 5.05. The quantitative estimate of drug-likeness (QED) is 0.595. The Labute approximate surface area is 105 Å². The second-order valence-electron chi connectivity index (χ2n) is 3.31. The molecule has 0 heterocycles. The summed E-state index contributed by atoms with van der Waals surface area (Å²) in [6, 6.07) is 5.74. The topological polar surface area (TPSA) is 26.3 Å². The number of thioether (sulfide) groups is 1. The Morgan fingerprint density at radius 3 is 2.75 bits per heavy atom. The van der Waals surface area contributed by atoms with Gasteiger partial charge in [0.2, 0.25) is 0 Å². The van der Waals surface area contributed by atoms with Gasteiger partial charge in [-0.25, -0.2) is 0 Å². The minimum absolute atomic E-state index is 0.0686. The third-order valence-corrected chi connectivity index (χ3v) is 3.41. The van der Waals surface area contributed by atoms with Gasteiger partial charge in [-0.2, -0.15) is 0 Å². The molecule has 0 N–H and O–H groups in total. The molecule has 1 rings (SSSR count). The molecule has 0 fully saturated rings. The van der Waals surface area contributed by atoms with Gasteiger partial charge in [-0.05, 0) is 38.3 Å². The molecule has 0 aliphatic carbocycles. The molecule has 0 aliphatic heterocycles. The molecule has 1 aromatic rings. The van der Waals surface area contributed by atoms with Crippen LogP contribution in [0.4, 0.5) is 0 Å². The number of rotatable bonds is 5. The van der Waals surface area contributed by atoms with E-state index in [9.17, 15) is 4.79 Å². The van der Waals surface area contributed by atoms with Crippen molar-refractivity contribution in [3.05, 3.63) is 23.8 Å². The summed E-state index contributed by atoms with van der Waals surface area (Å²) in [4.78, 5) is 12.4. The zero-order valence-corrected chi connectivity index (χ0v) is 11.2. The maximum Gasteiger partial charge on any atom is 0.152 e. The third kappa shape index (κ3) is 3.16. The molecule has 0 aliphatic rings. The number of hydrogen-bond donors (Lipinski definition) is 0. The van der Waals surface area contributed by atoms with E-state index in [4.69, 9.17) is 16.3 Å². The highest BCUT2D eigenvalue weighted by atomic mass is 35.5. The molecule has 0 radical (unpaired) electrons. The summed E-state index contributed by atoms with van der Waals surface area (Å²) >= 11 is 7.69. The van der Waals surface area contributed by atoms with Crippen molar-refractivity contribution in [3.63, 3.8) is 0 Å². The van der Waals surface area contributed by atoms with Crippen molar-refractivity contribution in [1.82, 2.24) is 0 Å². The molecule has 88 valence electrons. The van der Waals surface area contributed by atoms with Crippen molar-refractivity contribution < 1.29 is 9.53 Å². The fourth-order valence-electron chi connectivity index (χ4n) is 1.36. The number of carbonyl (C=O) groups is 1. The highest BCUT2D eigenvalue weighted by Gasteiger charge is 2.18. The summed E-state index contributed by atoms with van der Waals surface area (Å²) in [6.07, 6.45) is 1.98. The van der Waals surface area contributed by atoms with Crippen LogP contribution in [0.1, 0.15) is 24.8 Å². The number of carbonyl (C=O) groups excluding carboxylic acids is 1. The van der Waals surface area contributed by atoms with Crippen molar-refractivity contribution >= 4 is 29.1 Å². The Balaban J connectivity index is 3.14. The molecule has 0 saturated heterocycles. The van der Waals surface area contributed by atoms with Crippen LogP contribution in [0.25, 0.3) is 0 Å². The van der Waals surface area contributed by atoms with E-state index in [1.807, 2.05) is 31.4 Å². The lowest BCUT2D eigenvalue weighted by molar-refractivity contribution is -0.116. The van der Waals surface area contributed by atoms with Crippen molar-refractivity contribution in [1.29, 1.82) is 0 Å². The van der Waals surface area contributed by atoms with E-state index in [1.54, 1.807) is 11.8 Å². The maximum atomic E-state index is 11.3. The first kappa shape index (κ1) is 13.4. The molecule has 16 heavy (non-hydrogen) atoms. The molecule has 2 nitrogen and oxygen atoms in total. The van der Waals surface area contributed by atoms with E-state index in [0.717, 1.165) is 10.5 Å². The standard InChI is InChI=1S/C12H15ClO2S/c1-4-15-11-6-5-9(16-3)7-10(11)12(13)8(2)14/h5-7,12H,4H2,1-3H3. The molecule has 0 aromatic heterocycles. The SMILES string of the molecule is CCOc1ccc(SC)cc1C(Cl)C(C)=O. The van der Waals surface area contributed by atoms with Crippen LogP contribution in [0.2, 0.25) is 0 Å². The number of ketones is 1. The van der Waals surface area contributed by atoms with Crippen molar-refractivity contribution in [2.45, 2.75) is 24.1 Å². The fraction of sp³-hybridized carbons (Fsp3) is 0.417. The van der Waals surface area contributed by atoms with Crippen LogP contribution in [0.5, 0.6) is 5.75 Å². The van der Waals surface area contributed by atoms with Gasteiger partial charge in [0.15, 0.2) is 5.78 Å². The van der Waals surface area contributed by atoms with E-state index in [1.165, 1.54) is 6.92 Å². The Kier molecular flexibility index (Phi) is 5.16. The maximum absolute atomic E-state index is 11.3. The Morgan fingerprint density at radius 2 is 2.25 bits per heavy atom. The van der Waals surface area contributed by atoms with Gasteiger partial charge in [0.1, 0.15) is 11.1 Å². The van der Waals surface area contributed by atoms with Crippen LogP contribution < -0.4 is 4.74 Å². The summed E-state index contributed by atoms with van der Waals surface area (Å²) in [6.45, 7) is 3.95. The molecule has 0 bridgehead atoms. The highest BCUT2D eigenvalue weighted by Crippen LogP contribution is 2.33. The van der Waals surface area contributed by atoms with Gasteiger partial charge in [-0.3, -0.25) is 4.79 Å². The Hall–Kier alpha value is -0.670. The monoisotopic (exact) mass is 258 g/mol. The predicted octanol–water partition coefficient (Wildman–Crippen LogP) is 3.68. The van der Waals surface area contributed by atoms with Crippen LogP contribution in [0.3, 0.4) is 0 Å². The number of ether oxygens (including phenoxy) is 1. The second kappa shape index (κ2) is 6.16. The number of benzene rings is 1. The Bertz CT molecular complexity index is 379. The molecule has 1 atom stereocenters. The zero-order valence-electron chi connectivity index (χ0n) is 9.62. The summed E-state index contributed by atoms with van der Waals surface area (Å²) < 4.78 is 5.46. The van der Waals surface area contributed by atoms with Gasteiger partial charge in [-0.15, -0.1) is 23.4 Å². The van der Waals surface area contributed by atoms with Crippen molar-refractivity contribution in [3.8, 4) is 5.75 Å². The van der Waals surface area contributed by atoms with Crippen LogP contribution in [-0.2, 0) is 4.79 Å². The predicted molar refractivity (Wildman–Crippen MR) is 68.7 cm³/mol. The van der Waals surface area contributed by atoms with E-state index in [0.29, 0.717) is 12.4 Å². The molecule has 1 unspecified atom stereocenters. The highest BCUT2D eigenvalue weighted by molar-refractivity contribution is 7.98. The van der Waals surface area contributed by atoms with Gasteiger partial charge in [-0.1, -0.05) is 0 Å². The van der Waals surface area contributed by atoms with Gasteiger partial charge in [0.05, 0.1) is 6.61 Å². The number of alkyl halides is 1. The molecular formula is C12H15ClO2S. The lowest BCUT2D eigenvalue weighted by atomic mass is 10.1. The van der Waals surface area contributed by atoms with Crippen molar-refractivity contribution in [2.75, 3.05) is 12.9 Å². The minimum atomic E-state index is -0.631. The van der Waals surface area contributed by atoms with Gasteiger partial charge >= 0.3 is 0 Å².